The highest BCUT2D eigenvalue weighted by atomic mass is 32.2. The number of hydrogen-bond donors (Lipinski definition) is 0. The van der Waals surface area contributed by atoms with Crippen molar-refractivity contribution >= 4 is 17.5 Å². The molecule has 0 saturated carbocycles. The Kier molecular flexibility index (Phi) is 4.57. The van der Waals surface area contributed by atoms with E-state index >= 15 is 0 Å². The van der Waals surface area contributed by atoms with Crippen LogP contribution in [0.15, 0.2) is 5.16 Å². The molecule has 11 heavy (non-hydrogen) atoms. The van der Waals surface area contributed by atoms with Crippen LogP contribution in [0.1, 0.15) is 20.8 Å². The topological polar surface area (TPSA) is 21.6 Å². The van der Waals surface area contributed by atoms with E-state index in [4.69, 9.17) is 4.84 Å². The molecule has 0 rings (SSSR count). The summed E-state index contributed by atoms with van der Waals surface area (Å²) in [6.45, 7) is 6.42. The first kappa shape index (κ1) is 10.8. The lowest BCUT2D eigenvalue weighted by molar-refractivity contribution is 0.209. The van der Waals surface area contributed by atoms with Crippen LogP contribution < -0.4 is 0 Å². The summed E-state index contributed by atoms with van der Waals surface area (Å²) in [6.07, 6.45) is 2.07. The van der Waals surface area contributed by atoms with Crippen LogP contribution in [0.3, 0.4) is 0 Å². The zero-order valence-corrected chi connectivity index (χ0v) is 8.79. The van der Waals surface area contributed by atoms with Crippen LogP contribution in [0, 0.1) is 5.41 Å². The van der Waals surface area contributed by atoms with Crippen LogP contribution >= 0.6 is 11.8 Å². The van der Waals surface area contributed by atoms with Gasteiger partial charge in [-0.15, -0.1) is 0 Å². The highest BCUT2D eigenvalue weighted by Gasteiger charge is 2.18. The molecule has 0 aliphatic rings. The van der Waals surface area contributed by atoms with E-state index in [1.165, 1.54) is 0 Å². The Hall–Kier alpha value is -0.180. The van der Waals surface area contributed by atoms with Crippen molar-refractivity contribution in [2.75, 3.05) is 19.1 Å². The smallest absolute Gasteiger partial charge is 0.106 e. The minimum absolute atomic E-state index is 0.124. The fraction of sp³-hybridized carbons (Fsp3) is 0.875. The van der Waals surface area contributed by atoms with Gasteiger partial charge in [0.1, 0.15) is 7.11 Å². The van der Waals surface area contributed by atoms with E-state index in [-0.39, 0.29) is 5.41 Å². The second-order valence-corrected chi connectivity index (χ2v) is 4.27. The molecule has 66 valence electrons. The number of nitrogens with zero attached hydrogens (tertiary/aromatic N) is 1. The molecule has 2 nitrogen and oxygen atoms in total. The molecule has 0 amide bonds. The molecular weight excluding hydrogens is 158 g/mol. The molecule has 0 bridgehead atoms. The highest BCUT2D eigenvalue weighted by molar-refractivity contribution is 7.99. The molecule has 0 heterocycles. The molecule has 0 aliphatic heterocycles. The molecule has 0 spiro atoms. The normalized spacial score (nSPS) is 13.4. The van der Waals surface area contributed by atoms with E-state index in [0.717, 1.165) is 11.5 Å². The fourth-order valence-corrected chi connectivity index (χ4v) is 1.39. The average molecular weight is 175 g/mol. The quantitative estimate of drug-likeness (QED) is 0.485. The molecule has 0 saturated heterocycles. The third-order valence-electron chi connectivity index (χ3n) is 1.35. The van der Waals surface area contributed by atoms with Gasteiger partial charge < -0.3 is 4.84 Å². The predicted octanol–water partition coefficient (Wildman–Crippen LogP) is 2.40. The summed E-state index contributed by atoms with van der Waals surface area (Å²) in [4.78, 5) is 4.76. The predicted molar refractivity (Wildman–Crippen MR) is 52.3 cm³/mol. The van der Waals surface area contributed by atoms with Crippen molar-refractivity contribution in [3.05, 3.63) is 0 Å². The minimum atomic E-state index is 0.124. The lowest BCUT2D eigenvalue weighted by atomic mass is 9.91. The van der Waals surface area contributed by atoms with Crippen molar-refractivity contribution in [1.82, 2.24) is 0 Å². The van der Waals surface area contributed by atoms with Crippen LogP contribution in [-0.4, -0.2) is 24.8 Å². The van der Waals surface area contributed by atoms with E-state index < -0.39 is 0 Å². The Morgan fingerprint density at radius 1 is 1.45 bits per heavy atom. The number of rotatable bonds is 3. The fourth-order valence-electron chi connectivity index (χ4n) is 0.627. The molecule has 0 N–H and O–H groups in total. The van der Waals surface area contributed by atoms with Gasteiger partial charge in [-0.25, -0.2) is 0 Å². The lowest BCUT2D eigenvalue weighted by Gasteiger charge is -2.19. The first-order chi connectivity index (χ1) is 5.02. The second kappa shape index (κ2) is 4.65. The third kappa shape index (κ3) is 4.30. The SMILES string of the molecule is CO/N=C(\CSC)C(C)(C)C. The third-order valence-corrected chi connectivity index (χ3v) is 1.91. The standard InChI is InChI=1S/C8H17NOS/c1-8(2,3)7(6-11-5)9-10-4/h6H2,1-5H3/b9-7+. The van der Waals surface area contributed by atoms with Crippen molar-refractivity contribution in [3.8, 4) is 0 Å². The zero-order valence-electron chi connectivity index (χ0n) is 7.97. The summed E-state index contributed by atoms with van der Waals surface area (Å²) >= 11 is 1.77. The summed E-state index contributed by atoms with van der Waals surface area (Å²) in [6, 6.07) is 0. The summed E-state index contributed by atoms with van der Waals surface area (Å²) in [5, 5.41) is 3.98. The Morgan fingerprint density at radius 3 is 2.27 bits per heavy atom. The van der Waals surface area contributed by atoms with Gasteiger partial charge >= 0.3 is 0 Å². The molecule has 0 aliphatic carbocycles. The molecule has 0 aromatic carbocycles. The average Bonchev–Trinajstić information content (AvgIpc) is 1.85. The highest BCUT2D eigenvalue weighted by Crippen LogP contribution is 2.18. The van der Waals surface area contributed by atoms with Crippen molar-refractivity contribution in [1.29, 1.82) is 0 Å². The molecule has 3 heteroatoms. The molecule has 0 aromatic rings. The summed E-state index contributed by atoms with van der Waals surface area (Å²) in [7, 11) is 1.59. The maximum absolute atomic E-state index is 4.76. The van der Waals surface area contributed by atoms with Gasteiger partial charge in [0.2, 0.25) is 0 Å². The molecular formula is C8H17NOS. The van der Waals surface area contributed by atoms with Gasteiger partial charge in [-0.3, -0.25) is 0 Å². The van der Waals surface area contributed by atoms with Gasteiger partial charge in [-0.1, -0.05) is 25.9 Å². The van der Waals surface area contributed by atoms with Crippen molar-refractivity contribution < 1.29 is 4.84 Å². The Morgan fingerprint density at radius 2 is 2.00 bits per heavy atom. The Bertz CT molecular complexity index is 138. The first-order valence-electron chi connectivity index (χ1n) is 3.61. The van der Waals surface area contributed by atoms with Crippen molar-refractivity contribution in [2.24, 2.45) is 10.6 Å². The second-order valence-electron chi connectivity index (χ2n) is 3.40. The van der Waals surface area contributed by atoms with Crippen LogP contribution in [0.2, 0.25) is 0 Å². The van der Waals surface area contributed by atoms with Gasteiger partial charge in [0.25, 0.3) is 0 Å². The first-order valence-corrected chi connectivity index (χ1v) is 5.01. The molecule has 0 fully saturated rings. The monoisotopic (exact) mass is 175 g/mol. The van der Waals surface area contributed by atoms with Crippen LogP contribution in [0.4, 0.5) is 0 Å². The largest absolute Gasteiger partial charge is 0.399 e. The van der Waals surface area contributed by atoms with Gasteiger partial charge in [0.05, 0.1) is 5.71 Å². The van der Waals surface area contributed by atoms with Crippen molar-refractivity contribution in [3.63, 3.8) is 0 Å². The molecule has 0 unspecified atom stereocenters. The Balaban J connectivity index is 4.22. The number of oxime groups is 1. The van der Waals surface area contributed by atoms with Crippen LogP contribution in [0.25, 0.3) is 0 Å². The zero-order chi connectivity index (χ0) is 8.91. The van der Waals surface area contributed by atoms with E-state index in [1.807, 2.05) is 0 Å². The Labute approximate surface area is 73.4 Å². The maximum atomic E-state index is 4.76. The maximum Gasteiger partial charge on any atom is 0.106 e. The summed E-state index contributed by atoms with van der Waals surface area (Å²) in [5.74, 6) is 0.942. The summed E-state index contributed by atoms with van der Waals surface area (Å²) in [5.41, 5.74) is 1.23. The van der Waals surface area contributed by atoms with Gasteiger partial charge in [0.15, 0.2) is 0 Å². The molecule has 0 aromatic heterocycles. The van der Waals surface area contributed by atoms with E-state index in [9.17, 15) is 0 Å². The van der Waals surface area contributed by atoms with Gasteiger partial charge in [-0.2, -0.15) is 11.8 Å². The van der Waals surface area contributed by atoms with E-state index in [2.05, 4.69) is 32.2 Å². The number of thioether (sulfide) groups is 1. The molecule has 0 atom stereocenters. The number of hydrogen-bond acceptors (Lipinski definition) is 3. The van der Waals surface area contributed by atoms with Crippen LogP contribution in [0.5, 0.6) is 0 Å². The van der Waals surface area contributed by atoms with Gasteiger partial charge in [-0.05, 0) is 6.26 Å². The summed E-state index contributed by atoms with van der Waals surface area (Å²) < 4.78 is 0. The van der Waals surface area contributed by atoms with Gasteiger partial charge in [0, 0.05) is 11.2 Å². The lowest BCUT2D eigenvalue weighted by Crippen LogP contribution is -2.22. The molecule has 0 radical (unpaired) electrons. The minimum Gasteiger partial charge on any atom is -0.399 e. The van der Waals surface area contributed by atoms with E-state index in [1.54, 1.807) is 18.9 Å². The van der Waals surface area contributed by atoms with Crippen LogP contribution in [-0.2, 0) is 4.84 Å². The van der Waals surface area contributed by atoms with E-state index in [0.29, 0.717) is 0 Å². The van der Waals surface area contributed by atoms with Crippen molar-refractivity contribution in [2.45, 2.75) is 20.8 Å².